The summed E-state index contributed by atoms with van der Waals surface area (Å²) >= 11 is 3.37. The molecule has 0 aromatic heterocycles. The van der Waals surface area contributed by atoms with Crippen LogP contribution in [0.15, 0.2) is 22.7 Å². The van der Waals surface area contributed by atoms with E-state index in [1.165, 1.54) is 12.1 Å². The molecule has 1 aromatic carbocycles. The van der Waals surface area contributed by atoms with Crippen LogP contribution in [-0.2, 0) is 4.79 Å². The normalized spacial score (nSPS) is 25.5. The van der Waals surface area contributed by atoms with Gasteiger partial charge in [0.05, 0.1) is 5.41 Å². The number of halogens is 2. The summed E-state index contributed by atoms with van der Waals surface area (Å²) in [4.78, 5) is 13.4. The third-order valence-corrected chi connectivity index (χ3v) is 4.67. The van der Waals surface area contributed by atoms with E-state index in [-0.39, 0.29) is 11.9 Å². The molecule has 0 bridgehead atoms. The molecule has 104 valence electrons. The average Bonchev–Trinajstić information content (AvgIpc) is 2.73. The van der Waals surface area contributed by atoms with Gasteiger partial charge in [-0.2, -0.15) is 0 Å². The Kier molecular flexibility index (Phi) is 3.97. The molecule has 1 saturated heterocycles. The highest BCUT2D eigenvalue weighted by Crippen LogP contribution is 2.37. The van der Waals surface area contributed by atoms with Crippen molar-refractivity contribution in [3.8, 4) is 0 Å². The van der Waals surface area contributed by atoms with Crippen molar-refractivity contribution in [2.24, 2.45) is 5.41 Å². The molecule has 1 aliphatic rings. The molecule has 3 nitrogen and oxygen atoms in total. The zero-order valence-corrected chi connectivity index (χ0v) is 12.6. The van der Waals surface area contributed by atoms with Gasteiger partial charge in [-0.25, -0.2) is 4.39 Å². The van der Waals surface area contributed by atoms with Gasteiger partial charge in [0.15, 0.2) is 0 Å². The smallest absolute Gasteiger partial charge is 0.310 e. The first-order valence-electron chi connectivity index (χ1n) is 6.26. The highest BCUT2D eigenvalue weighted by molar-refractivity contribution is 9.10. The molecule has 0 radical (unpaired) electrons. The van der Waals surface area contributed by atoms with Gasteiger partial charge < -0.3 is 5.11 Å². The number of hydrogen-bond acceptors (Lipinski definition) is 2. The van der Waals surface area contributed by atoms with Crippen molar-refractivity contribution in [2.45, 2.75) is 26.3 Å². The summed E-state index contributed by atoms with van der Waals surface area (Å²) < 4.78 is 13.8. The van der Waals surface area contributed by atoms with E-state index in [0.29, 0.717) is 13.0 Å². The molecule has 1 N–H and O–H groups in total. The van der Waals surface area contributed by atoms with Crippen molar-refractivity contribution in [3.63, 3.8) is 0 Å². The van der Waals surface area contributed by atoms with E-state index in [0.717, 1.165) is 16.6 Å². The SMILES string of the molecule is CC(c1ccc(F)cc1Br)N1CCC(C)(C(=O)O)C1. The Morgan fingerprint density at radius 3 is 2.79 bits per heavy atom. The summed E-state index contributed by atoms with van der Waals surface area (Å²) in [7, 11) is 0. The molecule has 0 amide bonds. The highest BCUT2D eigenvalue weighted by Gasteiger charge is 2.42. The lowest BCUT2D eigenvalue weighted by Gasteiger charge is -2.27. The first-order valence-corrected chi connectivity index (χ1v) is 7.05. The van der Waals surface area contributed by atoms with Gasteiger partial charge in [0.2, 0.25) is 0 Å². The lowest BCUT2D eigenvalue weighted by atomic mass is 9.90. The second-order valence-corrected chi connectivity index (χ2v) is 6.28. The molecule has 2 rings (SSSR count). The maximum atomic E-state index is 13.1. The van der Waals surface area contributed by atoms with Crippen LogP contribution in [0.25, 0.3) is 0 Å². The number of nitrogens with zero attached hydrogens (tertiary/aromatic N) is 1. The predicted molar refractivity (Wildman–Crippen MR) is 74.4 cm³/mol. The van der Waals surface area contributed by atoms with E-state index >= 15 is 0 Å². The van der Waals surface area contributed by atoms with Crippen LogP contribution in [-0.4, -0.2) is 29.1 Å². The Labute approximate surface area is 120 Å². The van der Waals surface area contributed by atoms with Gasteiger partial charge >= 0.3 is 5.97 Å². The van der Waals surface area contributed by atoms with Gasteiger partial charge in [-0.05, 0) is 44.5 Å². The zero-order chi connectivity index (χ0) is 14.2. The fourth-order valence-corrected chi connectivity index (χ4v) is 3.22. The Morgan fingerprint density at radius 2 is 2.26 bits per heavy atom. The van der Waals surface area contributed by atoms with Crippen LogP contribution in [0.4, 0.5) is 4.39 Å². The Hall–Kier alpha value is -0.940. The topological polar surface area (TPSA) is 40.5 Å². The second kappa shape index (κ2) is 5.21. The maximum absolute atomic E-state index is 13.1. The lowest BCUT2D eigenvalue weighted by Crippen LogP contribution is -2.33. The molecule has 1 aromatic rings. The third kappa shape index (κ3) is 2.82. The number of carboxylic acids is 1. The lowest BCUT2D eigenvalue weighted by molar-refractivity contribution is -0.147. The van der Waals surface area contributed by atoms with Gasteiger partial charge in [-0.15, -0.1) is 0 Å². The number of hydrogen-bond donors (Lipinski definition) is 1. The quantitative estimate of drug-likeness (QED) is 0.923. The molecule has 5 heteroatoms. The van der Waals surface area contributed by atoms with E-state index in [1.807, 2.05) is 6.92 Å². The molecular formula is C14H17BrFNO2. The molecule has 0 saturated carbocycles. The highest BCUT2D eigenvalue weighted by atomic mass is 79.9. The fraction of sp³-hybridized carbons (Fsp3) is 0.500. The number of rotatable bonds is 3. The van der Waals surface area contributed by atoms with Gasteiger partial charge in [0.1, 0.15) is 5.82 Å². The minimum absolute atomic E-state index is 0.0659. The number of likely N-dealkylation sites (tertiary alicyclic amines) is 1. The first kappa shape index (κ1) is 14.5. The molecule has 0 aliphatic carbocycles. The van der Waals surface area contributed by atoms with Crippen LogP contribution in [0, 0.1) is 11.2 Å². The fourth-order valence-electron chi connectivity index (χ4n) is 2.54. The Balaban J connectivity index is 2.17. The largest absolute Gasteiger partial charge is 0.481 e. The van der Waals surface area contributed by atoms with Gasteiger partial charge in [-0.1, -0.05) is 22.0 Å². The molecule has 19 heavy (non-hydrogen) atoms. The van der Waals surface area contributed by atoms with Crippen molar-refractivity contribution < 1.29 is 14.3 Å². The number of aliphatic carboxylic acids is 1. The van der Waals surface area contributed by atoms with E-state index < -0.39 is 11.4 Å². The predicted octanol–water partition coefficient (Wildman–Crippen LogP) is 3.45. The zero-order valence-electron chi connectivity index (χ0n) is 11.0. The van der Waals surface area contributed by atoms with Crippen molar-refractivity contribution in [1.29, 1.82) is 0 Å². The summed E-state index contributed by atoms with van der Waals surface area (Å²) in [6, 6.07) is 4.69. The van der Waals surface area contributed by atoms with Crippen LogP contribution in [0.5, 0.6) is 0 Å². The van der Waals surface area contributed by atoms with Crippen molar-refractivity contribution in [2.75, 3.05) is 13.1 Å². The summed E-state index contributed by atoms with van der Waals surface area (Å²) in [5.41, 5.74) is 0.303. The van der Waals surface area contributed by atoms with Gasteiger partial charge in [-0.3, -0.25) is 9.69 Å². The van der Waals surface area contributed by atoms with Crippen LogP contribution >= 0.6 is 15.9 Å². The van der Waals surface area contributed by atoms with Crippen LogP contribution in [0.3, 0.4) is 0 Å². The Morgan fingerprint density at radius 1 is 1.58 bits per heavy atom. The van der Waals surface area contributed by atoms with E-state index in [9.17, 15) is 14.3 Å². The van der Waals surface area contributed by atoms with Crippen molar-refractivity contribution in [1.82, 2.24) is 4.90 Å². The van der Waals surface area contributed by atoms with Gasteiger partial charge in [0.25, 0.3) is 0 Å². The van der Waals surface area contributed by atoms with Crippen molar-refractivity contribution in [3.05, 3.63) is 34.1 Å². The van der Waals surface area contributed by atoms with E-state index in [2.05, 4.69) is 20.8 Å². The number of carbonyl (C=O) groups is 1. The minimum atomic E-state index is -0.750. The van der Waals surface area contributed by atoms with Crippen LogP contribution in [0.2, 0.25) is 0 Å². The summed E-state index contributed by atoms with van der Waals surface area (Å²) in [5.74, 6) is -1.03. The molecule has 0 spiro atoms. The molecule has 1 fully saturated rings. The third-order valence-electron chi connectivity index (χ3n) is 3.98. The first-order chi connectivity index (χ1) is 8.83. The van der Waals surface area contributed by atoms with Crippen LogP contribution in [0.1, 0.15) is 31.9 Å². The molecule has 1 heterocycles. The maximum Gasteiger partial charge on any atom is 0.310 e. The van der Waals surface area contributed by atoms with Gasteiger partial charge in [0, 0.05) is 17.1 Å². The number of benzene rings is 1. The number of carboxylic acid groups (broad SMARTS) is 1. The minimum Gasteiger partial charge on any atom is -0.481 e. The summed E-state index contributed by atoms with van der Waals surface area (Å²) in [6.07, 6.45) is 0.644. The molecule has 1 aliphatic heterocycles. The monoisotopic (exact) mass is 329 g/mol. The van der Waals surface area contributed by atoms with E-state index in [4.69, 9.17) is 0 Å². The average molecular weight is 330 g/mol. The van der Waals surface area contributed by atoms with Crippen molar-refractivity contribution >= 4 is 21.9 Å². The van der Waals surface area contributed by atoms with E-state index in [1.54, 1.807) is 13.0 Å². The molecular weight excluding hydrogens is 313 g/mol. The standard InChI is InChI=1S/C14H17BrFNO2/c1-9(11-4-3-10(16)7-12(11)15)17-6-5-14(2,8-17)13(18)19/h3-4,7,9H,5-6,8H2,1-2H3,(H,18,19). The van der Waals surface area contributed by atoms with Crippen LogP contribution < -0.4 is 0 Å². The molecule has 2 atom stereocenters. The molecule has 2 unspecified atom stereocenters. The Bertz CT molecular complexity index is 508. The summed E-state index contributed by atoms with van der Waals surface area (Å²) in [5, 5.41) is 9.25. The second-order valence-electron chi connectivity index (χ2n) is 5.43. The summed E-state index contributed by atoms with van der Waals surface area (Å²) in [6.45, 7) is 5.06.